The number of hydrogen-bond donors (Lipinski definition) is 1. The lowest BCUT2D eigenvalue weighted by Gasteiger charge is -2.14. The van der Waals surface area contributed by atoms with Crippen molar-refractivity contribution in [1.29, 1.82) is 0 Å². The molecule has 0 saturated heterocycles. The number of amides is 1. The number of rotatable bonds is 6. The van der Waals surface area contributed by atoms with Gasteiger partial charge in [-0.25, -0.2) is 14.6 Å². The van der Waals surface area contributed by atoms with Crippen LogP contribution in [0.1, 0.15) is 23.7 Å². The minimum Gasteiger partial charge on any atom is -0.399 e. The van der Waals surface area contributed by atoms with Crippen molar-refractivity contribution in [2.75, 3.05) is 31.4 Å². The maximum atomic E-state index is 11.6. The number of carbonyl (C=O) groups excluding carboxylic acids is 1. The van der Waals surface area contributed by atoms with Gasteiger partial charge in [0.2, 0.25) is 5.91 Å². The van der Waals surface area contributed by atoms with Crippen LogP contribution in [-0.4, -0.2) is 53.1 Å². The molecule has 0 fully saturated rings. The molecule has 0 atom stereocenters. The molecule has 1 amide bonds. The molecule has 0 radical (unpaired) electrons. The van der Waals surface area contributed by atoms with E-state index in [4.69, 9.17) is 9.94 Å². The number of nitrogens with zero attached hydrogens (tertiary/aromatic N) is 6. The highest BCUT2D eigenvalue weighted by Crippen LogP contribution is 2.44. The molecule has 4 aromatic rings. The molecule has 1 aliphatic carbocycles. The number of fused-ring (bicyclic) bond motifs is 3. The molecule has 9 nitrogen and oxygen atoms in total. The fourth-order valence-electron chi connectivity index (χ4n) is 4.10. The standard InChI is InChI=1S/C25H25N7O2S/c1-15(33)28-25-29-20-11-10-19-22(17-7-12-21(26-14-17)31(2)3)30-32(23(19)24(20)35-25)18-8-5-16(6-9-18)13-27-34-4/h5-9,12-14H,10-11H2,1-4H3,(H,28,29,33). The fourth-order valence-corrected chi connectivity index (χ4v) is 5.21. The van der Waals surface area contributed by atoms with Crippen LogP contribution in [0.15, 0.2) is 47.8 Å². The van der Waals surface area contributed by atoms with Gasteiger partial charge in [0.25, 0.3) is 0 Å². The Hall–Kier alpha value is -4.05. The number of benzene rings is 1. The maximum absolute atomic E-state index is 11.6. The summed E-state index contributed by atoms with van der Waals surface area (Å²) in [6, 6.07) is 12.0. The summed E-state index contributed by atoms with van der Waals surface area (Å²) in [7, 11) is 5.46. The van der Waals surface area contributed by atoms with Crippen molar-refractivity contribution in [2.45, 2.75) is 19.8 Å². The number of carbonyl (C=O) groups is 1. The Morgan fingerprint density at radius 1 is 1.20 bits per heavy atom. The second-order valence-electron chi connectivity index (χ2n) is 8.37. The van der Waals surface area contributed by atoms with Gasteiger partial charge >= 0.3 is 0 Å². The van der Waals surface area contributed by atoms with E-state index in [-0.39, 0.29) is 5.91 Å². The molecule has 3 heterocycles. The third kappa shape index (κ3) is 4.40. The number of aryl methyl sites for hydroxylation is 1. The highest BCUT2D eigenvalue weighted by Gasteiger charge is 2.30. The van der Waals surface area contributed by atoms with Crippen LogP contribution in [-0.2, 0) is 22.5 Å². The summed E-state index contributed by atoms with van der Waals surface area (Å²) in [5.41, 5.74) is 6.84. The Morgan fingerprint density at radius 3 is 2.66 bits per heavy atom. The smallest absolute Gasteiger partial charge is 0.223 e. The first-order valence-electron chi connectivity index (χ1n) is 11.1. The minimum absolute atomic E-state index is 0.133. The van der Waals surface area contributed by atoms with E-state index < -0.39 is 0 Å². The zero-order valence-electron chi connectivity index (χ0n) is 19.9. The largest absolute Gasteiger partial charge is 0.399 e. The Labute approximate surface area is 207 Å². The summed E-state index contributed by atoms with van der Waals surface area (Å²) in [5.74, 6) is 0.755. The molecule has 1 aromatic carbocycles. The van der Waals surface area contributed by atoms with E-state index in [1.54, 1.807) is 6.21 Å². The Bertz CT molecular complexity index is 1400. The van der Waals surface area contributed by atoms with Gasteiger partial charge in [-0.15, -0.1) is 0 Å². The number of hydrogen-bond acceptors (Lipinski definition) is 8. The monoisotopic (exact) mass is 487 g/mol. The van der Waals surface area contributed by atoms with Crippen molar-refractivity contribution in [2.24, 2.45) is 5.16 Å². The first-order chi connectivity index (χ1) is 16.9. The van der Waals surface area contributed by atoms with Crippen molar-refractivity contribution in [3.63, 3.8) is 0 Å². The summed E-state index contributed by atoms with van der Waals surface area (Å²) in [4.78, 5) is 28.7. The molecule has 3 aromatic heterocycles. The van der Waals surface area contributed by atoms with Crippen LogP contribution in [0, 0.1) is 0 Å². The highest BCUT2D eigenvalue weighted by atomic mass is 32.1. The first-order valence-corrected chi connectivity index (χ1v) is 12.0. The summed E-state index contributed by atoms with van der Waals surface area (Å²) in [6.07, 6.45) is 5.12. The van der Waals surface area contributed by atoms with E-state index in [1.165, 1.54) is 25.4 Å². The molecule has 0 spiro atoms. The summed E-state index contributed by atoms with van der Waals surface area (Å²) < 4.78 is 1.97. The van der Waals surface area contributed by atoms with E-state index in [1.807, 2.05) is 60.2 Å². The van der Waals surface area contributed by atoms with Crippen molar-refractivity contribution in [3.05, 3.63) is 59.4 Å². The summed E-state index contributed by atoms with van der Waals surface area (Å²) >= 11 is 1.48. The van der Waals surface area contributed by atoms with Gasteiger partial charge in [0, 0.05) is 38.3 Å². The Kier molecular flexibility index (Phi) is 6.04. The zero-order valence-corrected chi connectivity index (χ0v) is 20.8. The number of anilines is 2. The number of pyridine rings is 1. The van der Waals surface area contributed by atoms with Gasteiger partial charge in [-0.05, 0) is 42.7 Å². The third-order valence-corrected chi connectivity index (χ3v) is 6.73. The number of nitrogens with one attached hydrogen (secondary N) is 1. The van der Waals surface area contributed by atoms with Gasteiger partial charge in [0.05, 0.1) is 33.9 Å². The molecule has 178 valence electrons. The minimum atomic E-state index is -0.133. The van der Waals surface area contributed by atoms with Crippen LogP contribution in [0.2, 0.25) is 0 Å². The predicted octanol–water partition coefficient (Wildman–Crippen LogP) is 4.16. The maximum Gasteiger partial charge on any atom is 0.223 e. The Morgan fingerprint density at radius 2 is 2.00 bits per heavy atom. The lowest BCUT2D eigenvalue weighted by molar-refractivity contribution is -0.114. The quantitative estimate of drug-likeness (QED) is 0.324. The van der Waals surface area contributed by atoms with Gasteiger partial charge in [-0.3, -0.25) is 4.79 Å². The Balaban J connectivity index is 1.65. The van der Waals surface area contributed by atoms with Gasteiger partial charge in [-0.2, -0.15) is 5.10 Å². The number of oxime groups is 1. The van der Waals surface area contributed by atoms with Crippen molar-refractivity contribution >= 4 is 34.4 Å². The topological polar surface area (TPSA) is 97.5 Å². The second kappa shape index (κ2) is 9.30. The van der Waals surface area contributed by atoms with Crippen LogP contribution in [0.4, 0.5) is 10.9 Å². The summed E-state index contributed by atoms with van der Waals surface area (Å²) in [5, 5.41) is 12.3. The SMILES string of the molecule is CON=Cc1ccc(-n2nc(-c3ccc(N(C)C)nc3)c3c2-c2sc(NC(C)=O)nc2CC3)cc1. The van der Waals surface area contributed by atoms with Crippen LogP contribution < -0.4 is 10.2 Å². The van der Waals surface area contributed by atoms with Gasteiger partial charge in [0.15, 0.2) is 5.13 Å². The lowest BCUT2D eigenvalue weighted by Crippen LogP contribution is -2.10. The highest BCUT2D eigenvalue weighted by molar-refractivity contribution is 7.19. The van der Waals surface area contributed by atoms with Crippen molar-refractivity contribution < 1.29 is 9.63 Å². The van der Waals surface area contributed by atoms with E-state index in [0.29, 0.717) is 5.13 Å². The molecule has 0 unspecified atom stereocenters. The molecular weight excluding hydrogens is 462 g/mol. The number of thiazole rings is 1. The number of aromatic nitrogens is 4. The van der Waals surface area contributed by atoms with E-state index in [9.17, 15) is 4.79 Å². The van der Waals surface area contributed by atoms with Gasteiger partial charge < -0.3 is 15.1 Å². The van der Waals surface area contributed by atoms with Crippen molar-refractivity contribution in [1.82, 2.24) is 19.7 Å². The van der Waals surface area contributed by atoms with E-state index in [0.717, 1.165) is 63.0 Å². The molecule has 0 saturated carbocycles. The van der Waals surface area contributed by atoms with Crippen molar-refractivity contribution in [3.8, 4) is 27.5 Å². The van der Waals surface area contributed by atoms with Crippen LogP contribution >= 0.6 is 11.3 Å². The molecular formula is C25H25N7O2S. The molecule has 0 aliphatic heterocycles. The van der Waals surface area contributed by atoms with Crippen LogP contribution in [0.25, 0.3) is 27.5 Å². The molecule has 0 bridgehead atoms. The molecule has 10 heteroatoms. The van der Waals surface area contributed by atoms with Crippen LogP contribution in [0.5, 0.6) is 0 Å². The summed E-state index contributed by atoms with van der Waals surface area (Å²) in [6.45, 7) is 1.49. The first kappa shape index (κ1) is 22.7. The molecule has 5 rings (SSSR count). The van der Waals surface area contributed by atoms with Gasteiger partial charge in [-0.1, -0.05) is 28.6 Å². The second-order valence-corrected chi connectivity index (χ2v) is 9.37. The lowest BCUT2D eigenvalue weighted by atomic mass is 9.95. The fraction of sp³-hybridized carbons (Fsp3) is 0.240. The molecule has 35 heavy (non-hydrogen) atoms. The van der Waals surface area contributed by atoms with E-state index >= 15 is 0 Å². The normalized spacial score (nSPS) is 12.3. The molecule has 1 N–H and O–H groups in total. The van der Waals surface area contributed by atoms with Crippen LogP contribution in [0.3, 0.4) is 0 Å². The average molecular weight is 488 g/mol. The predicted molar refractivity (Wildman–Crippen MR) is 139 cm³/mol. The molecule has 1 aliphatic rings. The third-order valence-electron chi connectivity index (χ3n) is 5.72. The average Bonchev–Trinajstić information content (AvgIpc) is 3.43. The zero-order chi connectivity index (χ0) is 24.5. The van der Waals surface area contributed by atoms with Gasteiger partial charge in [0.1, 0.15) is 12.9 Å². The van der Waals surface area contributed by atoms with E-state index in [2.05, 4.69) is 26.5 Å².